The first-order valence-corrected chi connectivity index (χ1v) is 7.57. The summed E-state index contributed by atoms with van der Waals surface area (Å²) in [6.45, 7) is 7.85. The molecule has 0 unspecified atom stereocenters. The van der Waals surface area contributed by atoms with Gasteiger partial charge in [-0.25, -0.2) is 5.43 Å². The topological polar surface area (TPSA) is 63.8 Å². The number of furan rings is 1. The van der Waals surface area contributed by atoms with Crippen LogP contribution < -0.4 is 10.2 Å². The quantitative estimate of drug-likeness (QED) is 0.654. The Morgan fingerprint density at radius 3 is 2.78 bits per heavy atom. The van der Waals surface area contributed by atoms with Crippen LogP contribution in [0.5, 0.6) is 5.75 Å². The highest BCUT2D eigenvalue weighted by molar-refractivity contribution is 5.96. The van der Waals surface area contributed by atoms with E-state index < -0.39 is 0 Å². The molecule has 0 aliphatic heterocycles. The molecular formula is C18H22N2O3. The van der Waals surface area contributed by atoms with Crippen LogP contribution in [0.4, 0.5) is 0 Å². The average Bonchev–Trinajstić information content (AvgIpc) is 3.04. The standard InChI is InChI=1S/C18H22N2O3/c1-12(2)15-8-7-13(3)10-17(15)23-11-18(21)20-19-14(4)16-6-5-9-22-16/h5-10,12H,11H2,1-4H3,(H,20,21). The Morgan fingerprint density at radius 1 is 1.35 bits per heavy atom. The number of aryl methyl sites for hydroxylation is 1. The van der Waals surface area contributed by atoms with Crippen LogP contribution in [0.3, 0.4) is 0 Å². The molecule has 23 heavy (non-hydrogen) atoms. The van der Waals surface area contributed by atoms with Crippen LogP contribution >= 0.6 is 0 Å². The van der Waals surface area contributed by atoms with E-state index in [0.29, 0.717) is 17.4 Å². The number of nitrogens with zero attached hydrogens (tertiary/aromatic N) is 1. The van der Waals surface area contributed by atoms with Crippen LogP contribution in [0, 0.1) is 6.92 Å². The summed E-state index contributed by atoms with van der Waals surface area (Å²) >= 11 is 0. The number of nitrogens with one attached hydrogen (secondary N) is 1. The maximum atomic E-state index is 11.9. The molecule has 0 spiro atoms. The van der Waals surface area contributed by atoms with Gasteiger partial charge in [0.25, 0.3) is 5.91 Å². The van der Waals surface area contributed by atoms with Gasteiger partial charge in [-0.1, -0.05) is 26.0 Å². The molecule has 2 aromatic rings. The summed E-state index contributed by atoms with van der Waals surface area (Å²) in [5.74, 6) is 1.37. The fraction of sp³-hybridized carbons (Fsp3) is 0.333. The first-order valence-electron chi connectivity index (χ1n) is 7.57. The zero-order valence-electron chi connectivity index (χ0n) is 13.9. The van der Waals surface area contributed by atoms with Crippen molar-refractivity contribution >= 4 is 11.6 Å². The summed E-state index contributed by atoms with van der Waals surface area (Å²) in [5, 5.41) is 4.00. The minimum Gasteiger partial charge on any atom is -0.483 e. The summed E-state index contributed by atoms with van der Waals surface area (Å²) in [6.07, 6.45) is 1.56. The van der Waals surface area contributed by atoms with Gasteiger partial charge in [0.1, 0.15) is 17.2 Å². The Morgan fingerprint density at radius 2 is 2.13 bits per heavy atom. The lowest BCUT2D eigenvalue weighted by atomic mass is 10.0. The van der Waals surface area contributed by atoms with E-state index in [1.54, 1.807) is 25.3 Å². The van der Waals surface area contributed by atoms with E-state index in [1.165, 1.54) is 0 Å². The summed E-state index contributed by atoms with van der Waals surface area (Å²) < 4.78 is 10.9. The van der Waals surface area contributed by atoms with Gasteiger partial charge in [-0.15, -0.1) is 0 Å². The summed E-state index contributed by atoms with van der Waals surface area (Å²) in [7, 11) is 0. The number of hydrazone groups is 1. The van der Waals surface area contributed by atoms with Gasteiger partial charge in [0.05, 0.1) is 6.26 Å². The van der Waals surface area contributed by atoms with E-state index in [-0.39, 0.29) is 12.5 Å². The van der Waals surface area contributed by atoms with Gasteiger partial charge in [-0.3, -0.25) is 4.79 Å². The zero-order valence-corrected chi connectivity index (χ0v) is 13.9. The summed E-state index contributed by atoms with van der Waals surface area (Å²) in [6, 6.07) is 9.57. The number of ether oxygens (including phenoxy) is 1. The minimum absolute atomic E-state index is 0.0852. The lowest BCUT2D eigenvalue weighted by Gasteiger charge is -2.14. The van der Waals surface area contributed by atoms with Crippen LogP contribution in [0.2, 0.25) is 0 Å². The number of rotatable bonds is 6. The van der Waals surface area contributed by atoms with Crippen LogP contribution in [-0.4, -0.2) is 18.2 Å². The van der Waals surface area contributed by atoms with Crippen molar-refractivity contribution in [1.29, 1.82) is 0 Å². The number of hydrogen-bond acceptors (Lipinski definition) is 4. The Hall–Kier alpha value is -2.56. The van der Waals surface area contributed by atoms with Crippen molar-refractivity contribution in [2.24, 2.45) is 5.10 Å². The van der Waals surface area contributed by atoms with Crippen LogP contribution in [0.1, 0.15) is 43.6 Å². The first-order chi connectivity index (χ1) is 11.0. The fourth-order valence-corrected chi connectivity index (χ4v) is 2.10. The number of benzene rings is 1. The monoisotopic (exact) mass is 314 g/mol. The predicted molar refractivity (Wildman–Crippen MR) is 89.8 cm³/mol. The Labute approximate surface area is 136 Å². The number of hydrogen-bond donors (Lipinski definition) is 1. The molecular weight excluding hydrogens is 292 g/mol. The van der Waals surface area contributed by atoms with E-state index in [4.69, 9.17) is 9.15 Å². The molecule has 1 aromatic heterocycles. The third-order valence-electron chi connectivity index (χ3n) is 3.38. The number of amides is 1. The smallest absolute Gasteiger partial charge is 0.277 e. The van der Waals surface area contributed by atoms with Gasteiger partial charge >= 0.3 is 0 Å². The first kappa shape index (κ1) is 16.8. The molecule has 0 radical (unpaired) electrons. The lowest BCUT2D eigenvalue weighted by molar-refractivity contribution is -0.123. The third-order valence-corrected chi connectivity index (χ3v) is 3.38. The van der Waals surface area contributed by atoms with E-state index in [0.717, 1.165) is 16.9 Å². The van der Waals surface area contributed by atoms with Crippen LogP contribution in [0.25, 0.3) is 0 Å². The molecule has 0 saturated heterocycles. The van der Waals surface area contributed by atoms with Crippen molar-refractivity contribution in [3.05, 3.63) is 53.5 Å². The summed E-state index contributed by atoms with van der Waals surface area (Å²) in [5.41, 5.74) is 5.24. The fourth-order valence-electron chi connectivity index (χ4n) is 2.10. The normalized spacial score (nSPS) is 11.6. The van der Waals surface area contributed by atoms with Crippen molar-refractivity contribution in [3.8, 4) is 5.75 Å². The molecule has 122 valence electrons. The molecule has 1 N–H and O–H groups in total. The molecule has 0 saturated carbocycles. The Kier molecular flexibility index (Phi) is 5.57. The Balaban J connectivity index is 1.95. The van der Waals surface area contributed by atoms with Crippen LogP contribution in [0.15, 0.2) is 46.1 Å². The zero-order chi connectivity index (χ0) is 16.8. The molecule has 0 fully saturated rings. The van der Waals surface area contributed by atoms with Crippen molar-refractivity contribution in [2.45, 2.75) is 33.6 Å². The molecule has 5 heteroatoms. The Bertz CT molecular complexity index is 688. The van der Waals surface area contributed by atoms with Gasteiger partial charge in [0.2, 0.25) is 0 Å². The van der Waals surface area contributed by atoms with Crippen molar-refractivity contribution in [1.82, 2.24) is 5.43 Å². The van der Waals surface area contributed by atoms with Crippen molar-refractivity contribution in [2.75, 3.05) is 6.61 Å². The van der Waals surface area contributed by atoms with Crippen molar-refractivity contribution < 1.29 is 13.9 Å². The second-order valence-corrected chi connectivity index (χ2v) is 5.69. The number of carbonyl (C=O) groups is 1. The van der Waals surface area contributed by atoms with E-state index >= 15 is 0 Å². The molecule has 0 aliphatic rings. The second-order valence-electron chi connectivity index (χ2n) is 5.69. The average molecular weight is 314 g/mol. The minimum atomic E-state index is -0.313. The third kappa shape index (κ3) is 4.71. The maximum absolute atomic E-state index is 11.9. The molecule has 0 aliphatic carbocycles. The molecule has 2 rings (SSSR count). The second kappa shape index (κ2) is 7.63. The van der Waals surface area contributed by atoms with Crippen LogP contribution in [-0.2, 0) is 4.79 Å². The van der Waals surface area contributed by atoms with E-state index in [1.807, 2.05) is 25.1 Å². The molecule has 5 nitrogen and oxygen atoms in total. The molecule has 0 bridgehead atoms. The van der Waals surface area contributed by atoms with E-state index in [2.05, 4.69) is 24.4 Å². The summed E-state index contributed by atoms with van der Waals surface area (Å²) in [4.78, 5) is 11.9. The largest absolute Gasteiger partial charge is 0.483 e. The highest BCUT2D eigenvalue weighted by Crippen LogP contribution is 2.27. The maximum Gasteiger partial charge on any atom is 0.277 e. The SMILES string of the molecule is CC(=NNC(=O)COc1cc(C)ccc1C(C)C)c1ccco1. The number of carbonyl (C=O) groups excluding carboxylic acids is 1. The van der Waals surface area contributed by atoms with Gasteiger partial charge < -0.3 is 9.15 Å². The molecule has 1 amide bonds. The highest BCUT2D eigenvalue weighted by atomic mass is 16.5. The van der Waals surface area contributed by atoms with Gasteiger partial charge in [-0.05, 0) is 49.1 Å². The lowest BCUT2D eigenvalue weighted by Crippen LogP contribution is -2.25. The van der Waals surface area contributed by atoms with Gasteiger partial charge in [-0.2, -0.15) is 5.10 Å². The van der Waals surface area contributed by atoms with Gasteiger partial charge in [0.15, 0.2) is 6.61 Å². The van der Waals surface area contributed by atoms with Crippen molar-refractivity contribution in [3.63, 3.8) is 0 Å². The van der Waals surface area contributed by atoms with E-state index in [9.17, 15) is 4.79 Å². The predicted octanol–water partition coefficient (Wildman–Crippen LogP) is 3.63. The van der Waals surface area contributed by atoms with Gasteiger partial charge in [0, 0.05) is 0 Å². The molecule has 1 heterocycles. The molecule has 1 aromatic carbocycles. The molecule has 0 atom stereocenters. The highest BCUT2D eigenvalue weighted by Gasteiger charge is 2.10.